The molecule has 0 aliphatic rings. The van der Waals surface area contributed by atoms with Gasteiger partial charge in [-0.25, -0.2) is 0 Å². The van der Waals surface area contributed by atoms with Gasteiger partial charge in [-0.2, -0.15) is 0 Å². The molecule has 0 aromatic rings. The van der Waals surface area contributed by atoms with E-state index < -0.39 is 0 Å². The summed E-state index contributed by atoms with van der Waals surface area (Å²) in [5.41, 5.74) is 0. The Kier molecular flexibility index (Phi) is 16.9. The molecule has 0 rings (SSSR count). The number of hydrogen-bond donors (Lipinski definition) is 2. The van der Waals surface area contributed by atoms with Crippen molar-refractivity contribution in [1.82, 2.24) is 5.32 Å². The van der Waals surface area contributed by atoms with E-state index >= 15 is 0 Å². The zero-order valence-corrected chi connectivity index (χ0v) is 14.1. The molecule has 0 fully saturated rings. The van der Waals surface area contributed by atoms with E-state index in [2.05, 4.69) is 19.2 Å². The lowest BCUT2D eigenvalue weighted by Gasteiger charge is -2.10. The summed E-state index contributed by atoms with van der Waals surface area (Å²) in [6.45, 7) is 6.07. The van der Waals surface area contributed by atoms with Gasteiger partial charge in [0.1, 0.15) is 0 Å². The number of hydrogen-bond acceptors (Lipinski definition) is 2. The topological polar surface area (TPSA) is 32.3 Å². The maximum Gasteiger partial charge on any atom is 0.0664 e. The molecule has 0 aromatic carbocycles. The molecular formula is C18H39NO. The van der Waals surface area contributed by atoms with Crippen molar-refractivity contribution in [3.63, 3.8) is 0 Å². The number of aliphatic hydroxyl groups excluding tert-OH is 1. The van der Waals surface area contributed by atoms with E-state index in [-0.39, 0.29) is 6.10 Å². The Bertz CT molecular complexity index is 173. The number of rotatable bonds is 16. The molecule has 20 heavy (non-hydrogen) atoms. The summed E-state index contributed by atoms with van der Waals surface area (Å²) in [7, 11) is 0. The van der Waals surface area contributed by atoms with Gasteiger partial charge in [-0.1, -0.05) is 90.9 Å². The molecule has 0 aliphatic heterocycles. The SMILES string of the molecule is CCCCCCCCCCCCCCC(O)CNCC. The van der Waals surface area contributed by atoms with Crippen molar-refractivity contribution in [1.29, 1.82) is 0 Å². The molecule has 0 aliphatic carbocycles. The molecule has 0 saturated carbocycles. The predicted molar refractivity (Wildman–Crippen MR) is 90.2 cm³/mol. The van der Waals surface area contributed by atoms with Crippen LogP contribution in [0.15, 0.2) is 0 Å². The van der Waals surface area contributed by atoms with Gasteiger partial charge in [0.2, 0.25) is 0 Å². The Morgan fingerprint density at radius 2 is 1.15 bits per heavy atom. The molecule has 0 aromatic heterocycles. The predicted octanol–water partition coefficient (Wildman–Crippen LogP) is 5.05. The van der Waals surface area contributed by atoms with Crippen molar-refractivity contribution in [2.75, 3.05) is 13.1 Å². The first kappa shape index (κ1) is 19.9. The third-order valence-electron chi connectivity index (χ3n) is 4.02. The van der Waals surface area contributed by atoms with Crippen LogP contribution in [0.4, 0.5) is 0 Å². The number of unbranched alkanes of at least 4 members (excludes halogenated alkanes) is 11. The van der Waals surface area contributed by atoms with Crippen molar-refractivity contribution in [2.45, 2.75) is 103 Å². The number of aliphatic hydroxyl groups is 1. The fraction of sp³-hybridized carbons (Fsp3) is 1.00. The average Bonchev–Trinajstić information content (AvgIpc) is 2.46. The zero-order chi connectivity index (χ0) is 14.9. The largest absolute Gasteiger partial charge is 0.392 e. The fourth-order valence-corrected chi connectivity index (χ4v) is 2.63. The van der Waals surface area contributed by atoms with Gasteiger partial charge in [0.15, 0.2) is 0 Å². The van der Waals surface area contributed by atoms with Crippen molar-refractivity contribution in [3.05, 3.63) is 0 Å². The van der Waals surface area contributed by atoms with Crippen LogP contribution in [0.2, 0.25) is 0 Å². The van der Waals surface area contributed by atoms with Crippen molar-refractivity contribution in [3.8, 4) is 0 Å². The molecule has 0 amide bonds. The van der Waals surface area contributed by atoms with E-state index in [0.29, 0.717) is 0 Å². The van der Waals surface area contributed by atoms with Gasteiger partial charge in [0, 0.05) is 6.54 Å². The third kappa shape index (κ3) is 16.0. The lowest BCUT2D eigenvalue weighted by molar-refractivity contribution is 0.158. The molecule has 2 heteroatoms. The zero-order valence-electron chi connectivity index (χ0n) is 14.1. The summed E-state index contributed by atoms with van der Waals surface area (Å²) in [4.78, 5) is 0. The monoisotopic (exact) mass is 285 g/mol. The van der Waals surface area contributed by atoms with Crippen LogP contribution in [0, 0.1) is 0 Å². The van der Waals surface area contributed by atoms with Gasteiger partial charge < -0.3 is 10.4 Å². The number of likely N-dealkylation sites (N-methyl/N-ethyl adjacent to an activating group) is 1. The van der Waals surface area contributed by atoms with Gasteiger partial charge in [-0.05, 0) is 13.0 Å². The molecule has 2 nitrogen and oxygen atoms in total. The van der Waals surface area contributed by atoms with Crippen LogP contribution in [0.1, 0.15) is 97.3 Å². The lowest BCUT2D eigenvalue weighted by atomic mass is 10.0. The minimum atomic E-state index is -0.141. The fourth-order valence-electron chi connectivity index (χ4n) is 2.63. The van der Waals surface area contributed by atoms with Gasteiger partial charge >= 0.3 is 0 Å². The van der Waals surface area contributed by atoms with Crippen LogP contribution < -0.4 is 5.32 Å². The summed E-state index contributed by atoms with van der Waals surface area (Å²) in [6, 6.07) is 0. The normalized spacial score (nSPS) is 12.8. The van der Waals surface area contributed by atoms with E-state index in [0.717, 1.165) is 19.5 Å². The van der Waals surface area contributed by atoms with Crippen LogP contribution in [0.25, 0.3) is 0 Å². The maximum atomic E-state index is 9.68. The quantitative estimate of drug-likeness (QED) is 0.389. The Hall–Kier alpha value is -0.0800. The van der Waals surface area contributed by atoms with Crippen LogP contribution in [-0.2, 0) is 0 Å². The van der Waals surface area contributed by atoms with Gasteiger partial charge in [-0.3, -0.25) is 0 Å². The van der Waals surface area contributed by atoms with E-state index in [1.807, 2.05) is 0 Å². The first-order chi connectivity index (χ1) is 9.81. The molecule has 0 heterocycles. The summed E-state index contributed by atoms with van der Waals surface area (Å²) >= 11 is 0. The van der Waals surface area contributed by atoms with E-state index in [1.54, 1.807) is 0 Å². The molecule has 0 spiro atoms. The summed E-state index contributed by atoms with van der Waals surface area (Å²) < 4.78 is 0. The molecule has 1 unspecified atom stereocenters. The molecular weight excluding hydrogens is 246 g/mol. The summed E-state index contributed by atoms with van der Waals surface area (Å²) in [5, 5.41) is 12.9. The van der Waals surface area contributed by atoms with Crippen molar-refractivity contribution < 1.29 is 5.11 Å². The minimum Gasteiger partial charge on any atom is -0.392 e. The highest BCUT2D eigenvalue weighted by Gasteiger charge is 2.02. The van der Waals surface area contributed by atoms with Gasteiger partial charge in [0.25, 0.3) is 0 Å². The first-order valence-electron chi connectivity index (χ1n) is 9.20. The highest BCUT2D eigenvalue weighted by atomic mass is 16.3. The molecule has 0 saturated heterocycles. The molecule has 0 bridgehead atoms. The van der Waals surface area contributed by atoms with Gasteiger partial charge in [-0.15, -0.1) is 0 Å². The molecule has 1 atom stereocenters. The number of nitrogens with one attached hydrogen (secondary N) is 1. The Morgan fingerprint density at radius 3 is 1.60 bits per heavy atom. The third-order valence-corrected chi connectivity index (χ3v) is 4.02. The minimum absolute atomic E-state index is 0.141. The van der Waals surface area contributed by atoms with Crippen LogP contribution in [0.3, 0.4) is 0 Å². The van der Waals surface area contributed by atoms with E-state index in [1.165, 1.54) is 77.0 Å². The first-order valence-corrected chi connectivity index (χ1v) is 9.20. The Labute approximate surface area is 127 Å². The standard InChI is InChI=1S/C18H39NO/c1-3-5-6-7-8-9-10-11-12-13-14-15-16-18(20)17-19-4-2/h18-20H,3-17H2,1-2H3. The Morgan fingerprint density at radius 1 is 0.700 bits per heavy atom. The second kappa shape index (κ2) is 17.0. The second-order valence-corrected chi connectivity index (χ2v) is 6.14. The van der Waals surface area contributed by atoms with Gasteiger partial charge in [0.05, 0.1) is 6.10 Å². The summed E-state index contributed by atoms with van der Waals surface area (Å²) in [5.74, 6) is 0. The van der Waals surface area contributed by atoms with Crippen LogP contribution in [-0.4, -0.2) is 24.3 Å². The molecule has 0 radical (unpaired) electrons. The van der Waals surface area contributed by atoms with Crippen molar-refractivity contribution >= 4 is 0 Å². The van der Waals surface area contributed by atoms with E-state index in [9.17, 15) is 5.11 Å². The smallest absolute Gasteiger partial charge is 0.0664 e. The van der Waals surface area contributed by atoms with Crippen molar-refractivity contribution in [2.24, 2.45) is 0 Å². The highest BCUT2D eigenvalue weighted by molar-refractivity contribution is 4.59. The second-order valence-electron chi connectivity index (χ2n) is 6.14. The molecule has 2 N–H and O–H groups in total. The van der Waals surface area contributed by atoms with E-state index in [4.69, 9.17) is 0 Å². The van der Waals surface area contributed by atoms with Crippen LogP contribution >= 0.6 is 0 Å². The average molecular weight is 286 g/mol. The molecule has 122 valence electrons. The lowest BCUT2D eigenvalue weighted by Crippen LogP contribution is -2.26. The highest BCUT2D eigenvalue weighted by Crippen LogP contribution is 2.12. The Balaban J connectivity index is 3.02. The maximum absolute atomic E-state index is 9.68. The summed E-state index contributed by atoms with van der Waals surface area (Å²) in [6.07, 6.45) is 17.4. The van der Waals surface area contributed by atoms with Crippen LogP contribution in [0.5, 0.6) is 0 Å².